The number of carbonyl (C=O) groups excluding carboxylic acids is 2. The zero-order valence-corrected chi connectivity index (χ0v) is 17.5. The molecule has 3 unspecified atom stereocenters. The predicted molar refractivity (Wildman–Crippen MR) is 109 cm³/mol. The number of tetrazole rings is 1. The van der Waals surface area contributed by atoms with Crippen LogP contribution < -0.4 is 5.32 Å². The molecule has 5 fully saturated rings. The topological polar surface area (TPSA) is 106 Å². The van der Waals surface area contributed by atoms with E-state index in [9.17, 15) is 9.59 Å². The Morgan fingerprint density at radius 2 is 1.94 bits per heavy atom. The molecule has 1 aliphatic heterocycles. The first kappa shape index (κ1) is 18.9. The van der Waals surface area contributed by atoms with Crippen molar-refractivity contribution >= 4 is 11.8 Å². The van der Waals surface area contributed by atoms with Crippen molar-refractivity contribution in [2.75, 3.05) is 6.54 Å². The van der Waals surface area contributed by atoms with Crippen LogP contribution in [0.25, 0.3) is 0 Å². The minimum absolute atomic E-state index is 0.0224. The highest BCUT2D eigenvalue weighted by Crippen LogP contribution is 2.60. The molecule has 31 heavy (non-hydrogen) atoms. The second kappa shape index (κ2) is 6.83. The molecule has 0 radical (unpaired) electrons. The average molecular weight is 422 g/mol. The Hall–Kier alpha value is -2.84. The molecule has 4 aliphatic carbocycles. The van der Waals surface area contributed by atoms with E-state index in [1.165, 1.54) is 12.7 Å². The molecule has 2 amide bonds. The van der Waals surface area contributed by atoms with Crippen LogP contribution in [-0.2, 0) is 21.7 Å². The van der Waals surface area contributed by atoms with E-state index in [4.69, 9.17) is 0 Å². The number of nitrogens with zero attached hydrogens (tertiary/aromatic N) is 6. The summed E-state index contributed by atoms with van der Waals surface area (Å²) < 4.78 is 0. The van der Waals surface area contributed by atoms with Crippen LogP contribution in [-0.4, -0.2) is 54.0 Å². The summed E-state index contributed by atoms with van der Waals surface area (Å²) in [6, 6.07) is 3.82. The van der Waals surface area contributed by atoms with Gasteiger partial charge in [0.25, 0.3) is 0 Å². The van der Waals surface area contributed by atoms with Gasteiger partial charge in [0.1, 0.15) is 0 Å². The highest BCUT2D eigenvalue weighted by atomic mass is 16.2. The molecule has 0 aromatic carbocycles. The van der Waals surface area contributed by atoms with E-state index in [1.807, 2.05) is 12.1 Å². The fourth-order valence-electron chi connectivity index (χ4n) is 7.15. The van der Waals surface area contributed by atoms with Crippen molar-refractivity contribution < 1.29 is 9.59 Å². The van der Waals surface area contributed by atoms with Crippen molar-refractivity contribution in [1.82, 2.24) is 35.4 Å². The van der Waals surface area contributed by atoms with Gasteiger partial charge < -0.3 is 10.2 Å². The lowest BCUT2D eigenvalue weighted by Crippen LogP contribution is -2.66. The van der Waals surface area contributed by atoms with Crippen LogP contribution in [0.2, 0.25) is 0 Å². The summed E-state index contributed by atoms with van der Waals surface area (Å²) in [5.41, 5.74) is 0.691. The van der Waals surface area contributed by atoms with Gasteiger partial charge in [-0.25, -0.2) is 0 Å². The maximum absolute atomic E-state index is 13.3. The summed E-state index contributed by atoms with van der Waals surface area (Å²) in [5.74, 6) is 0.949. The van der Waals surface area contributed by atoms with Crippen molar-refractivity contribution in [2.24, 2.45) is 17.8 Å². The van der Waals surface area contributed by atoms with E-state index in [0.717, 1.165) is 37.7 Å². The molecule has 162 valence electrons. The zero-order chi connectivity index (χ0) is 21.1. The Labute approximate surface area is 180 Å². The highest BCUT2D eigenvalue weighted by molar-refractivity contribution is 5.89. The van der Waals surface area contributed by atoms with E-state index in [-0.39, 0.29) is 35.2 Å². The number of aromatic nitrogens is 5. The molecular weight excluding hydrogens is 394 g/mol. The highest BCUT2D eigenvalue weighted by Gasteiger charge is 2.60. The van der Waals surface area contributed by atoms with Crippen LogP contribution in [0.5, 0.6) is 0 Å². The Balaban J connectivity index is 1.17. The molecule has 3 atom stereocenters. The molecular formula is C22H27N7O2. The van der Waals surface area contributed by atoms with Crippen molar-refractivity contribution in [3.05, 3.63) is 36.4 Å². The van der Waals surface area contributed by atoms with Crippen molar-refractivity contribution in [2.45, 2.75) is 62.6 Å². The van der Waals surface area contributed by atoms with Gasteiger partial charge in [0.05, 0.1) is 11.5 Å². The third kappa shape index (κ3) is 3.21. The third-order valence-corrected chi connectivity index (χ3v) is 7.90. The van der Waals surface area contributed by atoms with Crippen LogP contribution in [0, 0.1) is 17.8 Å². The largest absolute Gasteiger partial charge is 0.350 e. The predicted octanol–water partition coefficient (Wildman–Crippen LogP) is 1.28. The molecule has 0 spiro atoms. The number of hydrogen-bond acceptors (Lipinski definition) is 6. The molecule has 9 nitrogen and oxygen atoms in total. The van der Waals surface area contributed by atoms with Gasteiger partial charge in [-0.05, 0) is 73.3 Å². The van der Waals surface area contributed by atoms with E-state index >= 15 is 0 Å². The van der Waals surface area contributed by atoms with Crippen molar-refractivity contribution in [3.63, 3.8) is 0 Å². The Morgan fingerprint density at radius 3 is 2.65 bits per heavy atom. The average Bonchev–Trinajstić information content (AvgIpc) is 3.39. The minimum atomic E-state index is -0.289. The maximum Gasteiger partial charge on any atom is 0.225 e. The number of carbonyl (C=O) groups is 2. The minimum Gasteiger partial charge on any atom is -0.350 e. The van der Waals surface area contributed by atoms with Gasteiger partial charge in [0.15, 0.2) is 6.33 Å². The lowest BCUT2D eigenvalue weighted by Gasteiger charge is -2.61. The van der Waals surface area contributed by atoms with Gasteiger partial charge in [-0.1, -0.05) is 0 Å². The number of pyridine rings is 1. The molecule has 9 heteroatoms. The first-order valence-electron chi connectivity index (χ1n) is 11.2. The van der Waals surface area contributed by atoms with E-state index < -0.39 is 0 Å². The smallest absolute Gasteiger partial charge is 0.225 e. The normalized spacial score (nSPS) is 36.2. The number of nitrogens with one attached hydrogen (secondary N) is 1. The monoisotopic (exact) mass is 421 g/mol. The summed E-state index contributed by atoms with van der Waals surface area (Å²) >= 11 is 0. The molecule has 2 aromatic heterocycles. The first-order chi connectivity index (χ1) is 15.0. The molecule has 1 N–H and O–H groups in total. The standard InChI is InChI=1S/C22H27N7O2/c30-19-6-18(12-28(19)11-15-1-3-23-4-2-15)20(31)26-21-7-16-5-17(8-21)10-22(9-16,13-21)29-25-14-24-27-29/h1-4,14,16-18H,5-13H2,(H,26,31). The lowest BCUT2D eigenvalue weighted by molar-refractivity contribution is -0.135. The fraction of sp³-hybridized carbons (Fsp3) is 0.636. The van der Waals surface area contributed by atoms with Gasteiger partial charge >= 0.3 is 0 Å². The Morgan fingerprint density at radius 1 is 1.16 bits per heavy atom. The summed E-state index contributed by atoms with van der Waals surface area (Å²) in [4.78, 5) is 33.5. The molecule has 4 bridgehead atoms. The summed E-state index contributed by atoms with van der Waals surface area (Å²) in [6.45, 7) is 1.01. The second-order valence-electron chi connectivity index (χ2n) is 10.2. The van der Waals surface area contributed by atoms with Crippen LogP contribution in [0.3, 0.4) is 0 Å². The van der Waals surface area contributed by atoms with E-state index in [0.29, 0.717) is 24.9 Å². The summed E-state index contributed by atoms with van der Waals surface area (Å²) in [5, 5.41) is 16.0. The van der Waals surface area contributed by atoms with Gasteiger partial charge in [-0.15, -0.1) is 10.2 Å². The Bertz CT molecular complexity index is 979. The number of likely N-dealkylation sites (tertiary alicyclic amines) is 1. The number of hydrogen-bond donors (Lipinski definition) is 1. The maximum atomic E-state index is 13.3. The van der Waals surface area contributed by atoms with Gasteiger partial charge in [-0.3, -0.25) is 14.6 Å². The number of rotatable bonds is 5. The summed E-state index contributed by atoms with van der Waals surface area (Å²) in [6.07, 6.45) is 11.5. The Kier molecular flexibility index (Phi) is 4.16. The lowest BCUT2D eigenvalue weighted by atomic mass is 9.50. The zero-order valence-electron chi connectivity index (χ0n) is 17.5. The quantitative estimate of drug-likeness (QED) is 0.780. The van der Waals surface area contributed by atoms with Crippen molar-refractivity contribution in [3.8, 4) is 0 Å². The first-order valence-corrected chi connectivity index (χ1v) is 11.2. The summed E-state index contributed by atoms with van der Waals surface area (Å²) in [7, 11) is 0. The van der Waals surface area contributed by atoms with Crippen molar-refractivity contribution in [1.29, 1.82) is 0 Å². The number of amides is 2. The van der Waals surface area contributed by atoms with Crippen LogP contribution >= 0.6 is 0 Å². The molecule has 4 saturated carbocycles. The SMILES string of the molecule is O=C(NC12CC3CC(C1)CC(n1ncnn1)(C3)C2)C1CC(=O)N(Cc2ccncc2)C1. The molecule has 3 heterocycles. The van der Waals surface area contributed by atoms with Gasteiger partial charge in [0, 0.05) is 37.4 Å². The van der Waals surface area contributed by atoms with Gasteiger partial charge in [0.2, 0.25) is 11.8 Å². The third-order valence-electron chi connectivity index (χ3n) is 7.90. The van der Waals surface area contributed by atoms with Crippen LogP contribution in [0.1, 0.15) is 50.5 Å². The molecule has 5 aliphatic rings. The van der Waals surface area contributed by atoms with Gasteiger partial charge in [-0.2, -0.15) is 4.80 Å². The van der Waals surface area contributed by atoms with Crippen LogP contribution in [0.4, 0.5) is 0 Å². The van der Waals surface area contributed by atoms with E-state index in [2.05, 4.69) is 25.7 Å². The van der Waals surface area contributed by atoms with E-state index in [1.54, 1.807) is 22.1 Å². The van der Waals surface area contributed by atoms with Crippen LogP contribution in [0.15, 0.2) is 30.9 Å². The molecule has 1 saturated heterocycles. The second-order valence-corrected chi connectivity index (χ2v) is 10.2. The molecule has 2 aromatic rings. The fourth-order valence-corrected chi connectivity index (χ4v) is 7.15. The molecule has 7 rings (SSSR count).